The highest BCUT2D eigenvalue weighted by Gasteiger charge is 2.42. The van der Waals surface area contributed by atoms with Crippen LogP contribution in [-0.2, 0) is 19.2 Å². The molecule has 2 amide bonds. The highest BCUT2D eigenvalue weighted by molar-refractivity contribution is 8.01. The molecule has 6 heteroatoms. The summed E-state index contributed by atoms with van der Waals surface area (Å²) >= 11 is 1.41. The Labute approximate surface area is 112 Å². The number of hydrogen-bond donors (Lipinski definition) is 0. The van der Waals surface area contributed by atoms with Crippen molar-refractivity contribution in [3.05, 3.63) is 0 Å². The Kier molecular flexibility index (Phi) is 6.38. The summed E-state index contributed by atoms with van der Waals surface area (Å²) in [5.74, 6) is -1.81. The van der Waals surface area contributed by atoms with E-state index in [0.717, 1.165) is 0 Å². The molecule has 1 aliphatic rings. The van der Waals surface area contributed by atoms with Gasteiger partial charge in [0.2, 0.25) is 0 Å². The Bertz CT molecular complexity index is 341. The molecular formula is C12H21NO4S. The number of carbonyl (C=O) groups excluding carboxylic acids is 3. The molecule has 1 fully saturated rings. The first-order valence-corrected chi connectivity index (χ1v) is 6.51. The van der Waals surface area contributed by atoms with Gasteiger partial charge in [0.1, 0.15) is 0 Å². The predicted molar refractivity (Wildman–Crippen MR) is 70.6 cm³/mol. The summed E-state index contributed by atoms with van der Waals surface area (Å²) in [6.45, 7) is 7.19. The van der Waals surface area contributed by atoms with Gasteiger partial charge in [0, 0.05) is 0 Å². The first-order chi connectivity index (χ1) is 7.82. The minimum atomic E-state index is -0.568. The van der Waals surface area contributed by atoms with E-state index in [1.54, 1.807) is 13.8 Å². The third kappa shape index (κ3) is 4.01. The number of imide groups is 1. The van der Waals surface area contributed by atoms with Crippen molar-refractivity contribution in [1.29, 1.82) is 0 Å². The first kappa shape index (κ1) is 17.0. The largest absolute Gasteiger partial charge is 0.335 e. The Morgan fingerprint density at radius 1 is 1.33 bits per heavy atom. The Balaban J connectivity index is 0.00000289. The van der Waals surface area contributed by atoms with Gasteiger partial charge in [-0.3, -0.25) is 9.59 Å². The van der Waals surface area contributed by atoms with Gasteiger partial charge in [-0.05, 0) is 5.25 Å². The van der Waals surface area contributed by atoms with Crippen LogP contribution in [0.5, 0.6) is 0 Å². The topological polar surface area (TPSA) is 63.7 Å². The van der Waals surface area contributed by atoms with Crippen molar-refractivity contribution in [2.75, 3.05) is 0 Å². The van der Waals surface area contributed by atoms with Crippen molar-refractivity contribution in [3.63, 3.8) is 0 Å². The van der Waals surface area contributed by atoms with Gasteiger partial charge >= 0.3 is 5.97 Å². The van der Waals surface area contributed by atoms with Gasteiger partial charge < -0.3 is 4.84 Å². The van der Waals surface area contributed by atoms with Crippen LogP contribution in [0.1, 0.15) is 41.5 Å². The van der Waals surface area contributed by atoms with Crippen LogP contribution in [0.2, 0.25) is 0 Å². The van der Waals surface area contributed by atoms with Gasteiger partial charge in [-0.1, -0.05) is 35.1 Å². The van der Waals surface area contributed by atoms with E-state index in [9.17, 15) is 14.4 Å². The predicted octanol–water partition coefficient (Wildman–Crippen LogP) is 2.01. The first-order valence-electron chi connectivity index (χ1n) is 5.57. The zero-order valence-corrected chi connectivity index (χ0v) is 11.2. The molecule has 0 aromatic rings. The SMILES string of the molecule is C.CC(C)SC1CC(=O)N(OC(=O)C(C)C)C1=O. The van der Waals surface area contributed by atoms with Crippen molar-refractivity contribution in [3.8, 4) is 0 Å². The second-order valence-electron chi connectivity index (χ2n) is 4.47. The number of hydroxylamine groups is 2. The molecule has 0 bridgehead atoms. The van der Waals surface area contributed by atoms with Crippen LogP contribution in [0.4, 0.5) is 0 Å². The number of rotatable bonds is 4. The van der Waals surface area contributed by atoms with E-state index in [-0.39, 0.29) is 25.0 Å². The van der Waals surface area contributed by atoms with E-state index >= 15 is 0 Å². The fourth-order valence-corrected chi connectivity index (χ4v) is 2.42. The van der Waals surface area contributed by atoms with Crippen molar-refractivity contribution >= 4 is 29.5 Å². The van der Waals surface area contributed by atoms with E-state index in [0.29, 0.717) is 5.06 Å². The van der Waals surface area contributed by atoms with Crippen molar-refractivity contribution in [2.45, 2.75) is 52.0 Å². The van der Waals surface area contributed by atoms with E-state index < -0.39 is 23.0 Å². The van der Waals surface area contributed by atoms with Crippen LogP contribution in [0.3, 0.4) is 0 Å². The maximum atomic E-state index is 11.8. The molecule has 0 saturated carbocycles. The standard InChI is InChI=1S/C11H17NO4S.CH4/c1-6(2)11(15)16-12-9(13)5-8(10(12)14)17-7(3)4;/h6-8H,5H2,1-4H3;1H4. The quantitative estimate of drug-likeness (QED) is 0.734. The van der Waals surface area contributed by atoms with E-state index in [1.807, 2.05) is 13.8 Å². The second kappa shape index (κ2) is 6.78. The van der Waals surface area contributed by atoms with Crippen molar-refractivity contribution in [2.24, 2.45) is 5.92 Å². The van der Waals surface area contributed by atoms with Gasteiger partial charge in [0.25, 0.3) is 11.8 Å². The molecule has 18 heavy (non-hydrogen) atoms. The molecule has 0 spiro atoms. The number of nitrogens with zero attached hydrogens (tertiary/aromatic N) is 1. The molecule has 1 saturated heterocycles. The van der Waals surface area contributed by atoms with Crippen molar-refractivity contribution < 1.29 is 19.2 Å². The van der Waals surface area contributed by atoms with Crippen LogP contribution >= 0.6 is 11.8 Å². The zero-order valence-electron chi connectivity index (χ0n) is 10.4. The minimum Gasteiger partial charge on any atom is -0.330 e. The third-order valence-electron chi connectivity index (χ3n) is 2.15. The van der Waals surface area contributed by atoms with Crippen LogP contribution < -0.4 is 0 Å². The maximum Gasteiger partial charge on any atom is 0.335 e. The van der Waals surface area contributed by atoms with Crippen LogP contribution in [0, 0.1) is 5.92 Å². The molecule has 0 N–H and O–H groups in total. The number of amides is 2. The number of hydrogen-bond acceptors (Lipinski definition) is 5. The Morgan fingerprint density at radius 2 is 1.89 bits per heavy atom. The molecular weight excluding hydrogens is 254 g/mol. The lowest BCUT2D eigenvalue weighted by molar-refractivity contribution is -0.199. The smallest absolute Gasteiger partial charge is 0.330 e. The van der Waals surface area contributed by atoms with Gasteiger partial charge in [-0.25, -0.2) is 4.79 Å². The lowest BCUT2D eigenvalue weighted by Crippen LogP contribution is -2.35. The lowest BCUT2D eigenvalue weighted by Gasteiger charge is -2.15. The monoisotopic (exact) mass is 275 g/mol. The van der Waals surface area contributed by atoms with Crippen LogP contribution in [0.25, 0.3) is 0 Å². The highest BCUT2D eigenvalue weighted by atomic mass is 32.2. The minimum absolute atomic E-state index is 0. The van der Waals surface area contributed by atoms with Crippen LogP contribution in [-0.4, -0.2) is 33.3 Å². The molecule has 5 nitrogen and oxygen atoms in total. The van der Waals surface area contributed by atoms with Crippen molar-refractivity contribution in [1.82, 2.24) is 5.06 Å². The third-order valence-corrected chi connectivity index (χ3v) is 3.39. The summed E-state index contributed by atoms with van der Waals surface area (Å²) in [6, 6.07) is 0. The highest BCUT2D eigenvalue weighted by Crippen LogP contribution is 2.28. The average Bonchev–Trinajstić information content (AvgIpc) is 2.44. The lowest BCUT2D eigenvalue weighted by atomic mass is 10.2. The van der Waals surface area contributed by atoms with Gasteiger partial charge in [0.05, 0.1) is 17.6 Å². The fourth-order valence-electron chi connectivity index (χ4n) is 1.31. The maximum absolute atomic E-state index is 11.8. The van der Waals surface area contributed by atoms with Gasteiger partial charge in [0.15, 0.2) is 0 Å². The molecule has 0 aliphatic carbocycles. The molecule has 0 aromatic heterocycles. The molecule has 1 aliphatic heterocycles. The zero-order chi connectivity index (χ0) is 13.2. The Hall–Kier alpha value is -1.04. The summed E-state index contributed by atoms with van der Waals surface area (Å²) in [5, 5.41) is 0.433. The molecule has 104 valence electrons. The van der Waals surface area contributed by atoms with Crippen LogP contribution in [0.15, 0.2) is 0 Å². The summed E-state index contributed by atoms with van der Waals surface area (Å²) < 4.78 is 0. The Morgan fingerprint density at radius 3 is 2.33 bits per heavy atom. The fraction of sp³-hybridized carbons (Fsp3) is 0.750. The normalized spacial score (nSPS) is 19.4. The van der Waals surface area contributed by atoms with E-state index in [1.165, 1.54) is 11.8 Å². The van der Waals surface area contributed by atoms with E-state index in [4.69, 9.17) is 4.84 Å². The molecule has 1 rings (SSSR count). The van der Waals surface area contributed by atoms with Gasteiger partial charge in [-0.15, -0.1) is 16.8 Å². The summed E-state index contributed by atoms with van der Waals surface area (Å²) in [6.07, 6.45) is 0.104. The molecule has 1 atom stereocenters. The average molecular weight is 275 g/mol. The van der Waals surface area contributed by atoms with E-state index in [2.05, 4.69) is 0 Å². The summed E-state index contributed by atoms with van der Waals surface area (Å²) in [4.78, 5) is 39.5. The second-order valence-corrected chi connectivity index (χ2v) is 6.25. The molecule has 1 heterocycles. The summed E-state index contributed by atoms with van der Waals surface area (Å²) in [7, 11) is 0. The number of thioether (sulfide) groups is 1. The molecule has 0 radical (unpaired) electrons. The van der Waals surface area contributed by atoms with Gasteiger partial charge in [-0.2, -0.15) is 0 Å². The summed E-state index contributed by atoms with van der Waals surface area (Å²) in [5.41, 5.74) is 0. The number of carbonyl (C=O) groups is 3. The molecule has 1 unspecified atom stereocenters. The molecule has 0 aromatic carbocycles.